The van der Waals surface area contributed by atoms with Crippen LogP contribution >= 0.6 is 0 Å². The van der Waals surface area contributed by atoms with E-state index >= 15 is 0 Å². The summed E-state index contributed by atoms with van der Waals surface area (Å²) in [7, 11) is 0. The lowest BCUT2D eigenvalue weighted by atomic mass is 9.91. The Balaban J connectivity index is 1.23. The quantitative estimate of drug-likeness (QED) is 0.179. The molecule has 192 valence electrons. The summed E-state index contributed by atoms with van der Waals surface area (Å²) < 4.78 is 23.4. The van der Waals surface area contributed by atoms with E-state index in [1.807, 2.05) is 35.0 Å². The van der Waals surface area contributed by atoms with E-state index in [2.05, 4.69) is 30.5 Å². The molecule has 5 aromatic rings. The van der Waals surface area contributed by atoms with Crippen LogP contribution in [0.5, 0.6) is 5.75 Å². The van der Waals surface area contributed by atoms with Crippen LogP contribution in [-0.2, 0) is 6.54 Å². The normalized spacial score (nSPS) is 19.4. The molecule has 2 N–H and O–H groups in total. The number of hydrogen-bond acceptors (Lipinski definition) is 7. The van der Waals surface area contributed by atoms with Crippen LogP contribution in [0.25, 0.3) is 26.9 Å². The van der Waals surface area contributed by atoms with E-state index in [9.17, 15) is 9.50 Å². The van der Waals surface area contributed by atoms with Gasteiger partial charge in [0, 0.05) is 34.7 Å². The molecule has 0 aliphatic heterocycles. The number of aromatic nitrogens is 5. The maximum Gasteiger partial charge on any atom is 0.162 e. The van der Waals surface area contributed by atoms with Crippen LogP contribution in [0, 0.1) is 5.82 Å². The summed E-state index contributed by atoms with van der Waals surface area (Å²) >= 11 is 0. The third-order valence-electron chi connectivity index (χ3n) is 6.77. The molecule has 1 aliphatic rings. The Morgan fingerprint density at radius 1 is 1.18 bits per heavy atom. The predicted molar refractivity (Wildman–Crippen MR) is 139 cm³/mol. The smallest absolute Gasteiger partial charge is 0.162 e. The highest BCUT2D eigenvalue weighted by molar-refractivity contribution is 5.86. The standard InChI is InChI=1S/C26H24FN9O2/c27-18-3-1-2-16(10-18)14-36-22-7-4-19(11-17(22)13-30-36)32-26-25-24(8-9-35(25)31-15-29-26)38-20-5-6-21(33-34-28)23(37)12-20/h1-4,7-11,13,15,20-21,23,37H,5-6,12,14H2,(H,29,31,32)/t20?,21-,23-/m1/s1. The topological polar surface area (TPSA) is 138 Å². The van der Waals surface area contributed by atoms with Gasteiger partial charge in [0.2, 0.25) is 0 Å². The van der Waals surface area contributed by atoms with Crippen molar-refractivity contribution >= 4 is 27.9 Å². The summed E-state index contributed by atoms with van der Waals surface area (Å²) in [5.74, 6) is 0.888. The van der Waals surface area contributed by atoms with E-state index in [4.69, 9.17) is 10.3 Å². The molecule has 6 rings (SSSR count). The number of nitrogens with zero attached hydrogens (tertiary/aromatic N) is 8. The lowest BCUT2D eigenvalue weighted by Crippen LogP contribution is -2.37. The molecule has 1 aliphatic carbocycles. The number of azide groups is 1. The molecule has 11 nitrogen and oxygen atoms in total. The van der Waals surface area contributed by atoms with Crippen LogP contribution in [0.3, 0.4) is 0 Å². The first-order valence-corrected chi connectivity index (χ1v) is 12.3. The van der Waals surface area contributed by atoms with Gasteiger partial charge in [-0.15, -0.1) is 0 Å². The highest BCUT2D eigenvalue weighted by Crippen LogP contribution is 2.33. The molecule has 0 saturated heterocycles. The van der Waals surface area contributed by atoms with E-state index in [1.54, 1.807) is 23.0 Å². The van der Waals surface area contributed by atoms with Gasteiger partial charge in [0.15, 0.2) is 11.6 Å². The number of hydrogen-bond donors (Lipinski definition) is 2. The summed E-state index contributed by atoms with van der Waals surface area (Å²) in [5, 5.41) is 27.1. The van der Waals surface area contributed by atoms with Crippen molar-refractivity contribution in [1.82, 2.24) is 24.4 Å². The Hall–Kier alpha value is -4.67. The third-order valence-corrected chi connectivity index (χ3v) is 6.77. The van der Waals surface area contributed by atoms with Crippen molar-refractivity contribution in [2.75, 3.05) is 5.32 Å². The Labute approximate surface area is 216 Å². The zero-order valence-electron chi connectivity index (χ0n) is 20.2. The van der Waals surface area contributed by atoms with Gasteiger partial charge in [-0.3, -0.25) is 4.68 Å². The SMILES string of the molecule is [N-]=[N+]=N[C@@H]1CCC(Oc2ccn3ncnc(Nc4ccc5c(cnn5Cc5cccc(F)c5)c4)c23)C[C@H]1O. The van der Waals surface area contributed by atoms with Gasteiger partial charge in [0.05, 0.1) is 30.4 Å². The maximum atomic E-state index is 13.6. The molecule has 1 unspecified atom stereocenters. The van der Waals surface area contributed by atoms with Crippen molar-refractivity contribution in [2.24, 2.45) is 5.11 Å². The van der Waals surface area contributed by atoms with E-state index in [0.29, 0.717) is 42.9 Å². The summed E-state index contributed by atoms with van der Waals surface area (Å²) in [5.41, 5.74) is 11.9. The zero-order chi connectivity index (χ0) is 26.1. The molecule has 1 fully saturated rings. The summed E-state index contributed by atoms with van der Waals surface area (Å²) in [6.07, 6.45) is 5.63. The first-order valence-electron chi connectivity index (χ1n) is 12.3. The summed E-state index contributed by atoms with van der Waals surface area (Å²) in [6, 6.07) is 13.7. The number of fused-ring (bicyclic) bond motifs is 2. The maximum absolute atomic E-state index is 13.6. The number of halogens is 1. The molecule has 38 heavy (non-hydrogen) atoms. The van der Waals surface area contributed by atoms with Gasteiger partial charge in [-0.25, -0.2) is 13.9 Å². The molecule has 0 spiro atoms. The van der Waals surface area contributed by atoms with Crippen LogP contribution in [0.2, 0.25) is 0 Å². The second kappa shape index (κ2) is 10.0. The second-order valence-electron chi connectivity index (χ2n) is 9.31. The van der Waals surface area contributed by atoms with Crippen molar-refractivity contribution in [1.29, 1.82) is 0 Å². The Morgan fingerprint density at radius 3 is 2.95 bits per heavy atom. The van der Waals surface area contributed by atoms with Crippen molar-refractivity contribution in [3.05, 3.63) is 89.1 Å². The zero-order valence-corrected chi connectivity index (χ0v) is 20.2. The molecule has 3 aromatic heterocycles. The number of ether oxygens (including phenoxy) is 1. The number of aliphatic hydroxyl groups is 1. The number of aliphatic hydroxyl groups excluding tert-OH is 1. The Bertz CT molecular complexity index is 1660. The van der Waals surface area contributed by atoms with E-state index in [1.165, 1.54) is 18.5 Å². The van der Waals surface area contributed by atoms with Gasteiger partial charge in [0.25, 0.3) is 0 Å². The number of rotatable bonds is 7. The minimum Gasteiger partial charge on any atom is -0.488 e. The molecule has 0 radical (unpaired) electrons. The van der Waals surface area contributed by atoms with Gasteiger partial charge >= 0.3 is 0 Å². The monoisotopic (exact) mass is 513 g/mol. The van der Waals surface area contributed by atoms with Crippen LogP contribution < -0.4 is 10.1 Å². The molecule has 3 atom stereocenters. The second-order valence-corrected chi connectivity index (χ2v) is 9.31. The van der Waals surface area contributed by atoms with Crippen molar-refractivity contribution < 1.29 is 14.2 Å². The Morgan fingerprint density at radius 2 is 2.11 bits per heavy atom. The highest BCUT2D eigenvalue weighted by Gasteiger charge is 2.30. The van der Waals surface area contributed by atoms with Crippen LogP contribution in [0.1, 0.15) is 24.8 Å². The number of nitrogens with one attached hydrogen (secondary N) is 1. The van der Waals surface area contributed by atoms with E-state index in [-0.39, 0.29) is 11.9 Å². The van der Waals surface area contributed by atoms with E-state index in [0.717, 1.165) is 22.2 Å². The fourth-order valence-corrected chi connectivity index (χ4v) is 4.93. The molecule has 2 aromatic carbocycles. The van der Waals surface area contributed by atoms with Gasteiger partial charge in [0.1, 0.15) is 23.8 Å². The van der Waals surface area contributed by atoms with Crippen molar-refractivity contribution in [2.45, 2.75) is 44.1 Å². The molecule has 12 heteroatoms. The summed E-state index contributed by atoms with van der Waals surface area (Å²) in [6.45, 7) is 0.463. The molecule has 1 saturated carbocycles. The average Bonchev–Trinajstić information content (AvgIpc) is 3.50. The minimum atomic E-state index is -0.749. The lowest BCUT2D eigenvalue weighted by Gasteiger charge is -2.30. The first kappa shape index (κ1) is 23.7. The number of anilines is 2. The molecule has 3 heterocycles. The van der Waals surface area contributed by atoms with Crippen LogP contribution in [0.15, 0.2) is 72.4 Å². The predicted octanol–water partition coefficient (Wildman–Crippen LogP) is 4.98. The van der Waals surface area contributed by atoms with Gasteiger partial charge in [-0.2, -0.15) is 10.2 Å². The van der Waals surface area contributed by atoms with Crippen LogP contribution in [-0.4, -0.2) is 47.7 Å². The fourth-order valence-electron chi connectivity index (χ4n) is 4.93. The van der Waals surface area contributed by atoms with E-state index < -0.39 is 12.1 Å². The van der Waals surface area contributed by atoms with Crippen LogP contribution in [0.4, 0.5) is 15.9 Å². The minimum absolute atomic E-state index is 0.227. The summed E-state index contributed by atoms with van der Waals surface area (Å²) in [4.78, 5) is 7.27. The molecular formula is C26H24FN9O2. The van der Waals surface area contributed by atoms with Gasteiger partial charge in [-0.05, 0) is 54.3 Å². The largest absolute Gasteiger partial charge is 0.488 e. The van der Waals surface area contributed by atoms with Gasteiger partial charge in [-0.1, -0.05) is 17.2 Å². The molecule has 0 bridgehead atoms. The average molecular weight is 514 g/mol. The Kier molecular flexibility index (Phi) is 6.24. The third kappa shape index (κ3) is 4.70. The highest BCUT2D eigenvalue weighted by atomic mass is 19.1. The number of benzene rings is 2. The lowest BCUT2D eigenvalue weighted by molar-refractivity contribution is 0.0400. The first-order chi connectivity index (χ1) is 18.6. The fraction of sp³-hybridized carbons (Fsp3) is 0.269. The van der Waals surface area contributed by atoms with Crippen molar-refractivity contribution in [3.8, 4) is 5.75 Å². The molecule has 0 amide bonds. The van der Waals surface area contributed by atoms with Gasteiger partial charge < -0.3 is 15.2 Å². The van der Waals surface area contributed by atoms with Crippen molar-refractivity contribution in [3.63, 3.8) is 0 Å². The molecular weight excluding hydrogens is 489 g/mol.